The lowest BCUT2D eigenvalue weighted by atomic mass is 10.2. The number of fused-ring (bicyclic) bond motifs is 1. The average molecular weight is 257 g/mol. The van der Waals surface area contributed by atoms with Crippen molar-refractivity contribution in [2.45, 2.75) is 0 Å². The van der Waals surface area contributed by atoms with Crippen molar-refractivity contribution in [3.63, 3.8) is 0 Å². The van der Waals surface area contributed by atoms with Gasteiger partial charge >= 0.3 is 0 Å². The molecule has 0 atom stereocenters. The molecule has 88 valence electrons. The van der Waals surface area contributed by atoms with E-state index in [9.17, 15) is 0 Å². The summed E-state index contributed by atoms with van der Waals surface area (Å²) in [6, 6.07) is 9.60. The summed E-state index contributed by atoms with van der Waals surface area (Å²) >= 11 is 5.89. The van der Waals surface area contributed by atoms with Gasteiger partial charge in [-0.2, -0.15) is 0 Å². The van der Waals surface area contributed by atoms with Gasteiger partial charge in [-0.3, -0.25) is 4.98 Å². The summed E-state index contributed by atoms with van der Waals surface area (Å²) in [5, 5.41) is 4.73. The van der Waals surface area contributed by atoms with Gasteiger partial charge < -0.3 is 5.32 Å². The molecule has 0 aliphatic rings. The minimum absolute atomic E-state index is 0.582. The molecule has 0 amide bonds. The van der Waals surface area contributed by atoms with Gasteiger partial charge in [0.2, 0.25) is 0 Å². The normalized spacial score (nSPS) is 10.5. The Morgan fingerprint density at radius 1 is 1.06 bits per heavy atom. The van der Waals surface area contributed by atoms with Gasteiger partial charge in [0.25, 0.3) is 0 Å². The number of para-hydroxylation sites is 1. The van der Waals surface area contributed by atoms with E-state index in [1.807, 2.05) is 24.3 Å². The number of rotatable bonds is 2. The fourth-order valence-corrected chi connectivity index (χ4v) is 1.90. The van der Waals surface area contributed by atoms with Gasteiger partial charge in [-0.15, -0.1) is 0 Å². The molecule has 1 aromatic carbocycles. The minimum Gasteiger partial charge on any atom is -0.338 e. The van der Waals surface area contributed by atoms with Crippen LogP contribution in [0.3, 0.4) is 0 Å². The van der Waals surface area contributed by atoms with Crippen LogP contribution in [0.25, 0.3) is 10.9 Å². The molecule has 0 aliphatic carbocycles. The summed E-state index contributed by atoms with van der Waals surface area (Å²) in [5.74, 6) is 0.740. The maximum atomic E-state index is 5.89. The summed E-state index contributed by atoms with van der Waals surface area (Å²) in [7, 11) is 0. The quantitative estimate of drug-likeness (QED) is 0.763. The standard InChI is InChI=1S/C13H9ClN4/c14-9-5-10(7-15-6-9)18-13-11-3-1-2-4-12(11)16-8-17-13/h1-8H,(H,16,17,18). The van der Waals surface area contributed by atoms with Crippen molar-refractivity contribution in [3.8, 4) is 0 Å². The van der Waals surface area contributed by atoms with Crippen molar-refractivity contribution in [1.29, 1.82) is 0 Å². The first-order valence-corrected chi connectivity index (χ1v) is 5.78. The van der Waals surface area contributed by atoms with Crippen LogP contribution in [0.1, 0.15) is 0 Å². The molecular weight excluding hydrogens is 248 g/mol. The lowest BCUT2D eigenvalue weighted by Gasteiger charge is -2.07. The Morgan fingerprint density at radius 2 is 1.94 bits per heavy atom. The van der Waals surface area contributed by atoms with Crippen LogP contribution < -0.4 is 5.32 Å². The Kier molecular flexibility index (Phi) is 2.78. The largest absolute Gasteiger partial charge is 0.338 e. The first-order valence-electron chi connectivity index (χ1n) is 5.40. The van der Waals surface area contributed by atoms with E-state index in [4.69, 9.17) is 11.6 Å². The van der Waals surface area contributed by atoms with Crippen LogP contribution >= 0.6 is 11.6 Å². The molecule has 18 heavy (non-hydrogen) atoms. The zero-order chi connectivity index (χ0) is 12.4. The lowest BCUT2D eigenvalue weighted by Crippen LogP contribution is -1.96. The number of pyridine rings is 1. The molecule has 2 heterocycles. The molecule has 0 bridgehead atoms. The van der Waals surface area contributed by atoms with Gasteiger partial charge in [-0.1, -0.05) is 23.7 Å². The molecule has 0 aliphatic heterocycles. The number of nitrogens with zero attached hydrogens (tertiary/aromatic N) is 3. The molecular formula is C13H9ClN4. The van der Waals surface area contributed by atoms with Gasteiger partial charge in [0, 0.05) is 11.6 Å². The predicted octanol–water partition coefficient (Wildman–Crippen LogP) is 3.42. The third-order valence-corrected chi connectivity index (χ3v) is 2.72. The molecule has 5 heteroatoms. The Labute approximate surface area is 109 Å². The van der Waals surface area contributed by atoms with Crippen LogP contribution in [-0.2, 0) is 0 Å². The first-order chi connectivity index (χ1) is 8.83. The zero-order valence-corrected chi connectivity index (χ0v) is 10.1. The third-order valence-electron chi connectivity index (χ3n) is 2.51. The highest BCUT2D eigenvalue weighted by Gasteiger charge is 2.03. The molecule has 0 saturated heterocycles. The van der Waals surface area contributed by atoms with Crippen molar-refractivity contribution in [3.05, 3.63) is 54.1 Å². The topological polar surface area (TPSA) is 50.7 Å². The number of hydrogen-bond donors (Lipinski definition) is 1. The van der Waals surface area contributed by atoms with Gasteiger partial charge in [0.05, 0.1) is 22.4 Å². The highest BCUT2D eigenvalue weighted by Crippen LogP contribution is 2.23. The average Bonchev–Trinajstić information content (AvgIpc) is 2.39. The van der Waals surface area contributed by atoms with Crippen LogP contribution in [-0.4, -0.2) is 15.0 Å². The molecule has 0 radical (unpaired) electrons. The number of benzene rings is 1. The molecule has 1 N–H and O–H groups in total. The van der Waals surface area contributed by atoms with E-state index in [-0.39, 0.29) is 0 Å². The maximum Gasteiger partial charge on any atom is 0.141 e. The summed E-state index contributed by atoms with van der Waals surface area (Å²) in [5.41, 5.74) is 1.69. The maximum absolute atomic E-state index is 5.89. The Hall–Kier alpha value is -2.20. The molecule has 2 aromatic heterocycles. The van der Waals surface area contributed by atoms with Crippen LogP contribution in [0.4, 0.5) is 11.5 Å². The van der Waals surface area contributed by atoms with Gasteiger partial charge in [-0.25, -0.2) is 9.97 Å². The smallest absolute Gasteiger partial charge is 0.141 e. The summed E-state index contributed by atoms with van der Waals surface area (Å²) in [4.78, 5) is 12.5. The number of nitrogens with one attached hydrogen (secondary N) is 1. The molecule has 4 nitrogen and oxygen atoms in total. The van der Waals surface area contributed by atoms with Crippen molar-refractivity contribution < 1.29 is 0 Å². The molecule has 0 fully saturated rings. The first kappa shape index (κ1) is 10.9. The van der Waals surface area contributed by atoms with Gasteiger partial charge in [-0.05, 0) is 18.2 Å². The van der Waals surface area contributed by atoms with E-state index in [1.54, 1.807) is 18.5 Å². The van der Waals surface area contributed by atoms with E-state index in [2.05, 4.69) is 20.3 Å². The molecule has 0 spiro atoms. The Bertz CT molecular complexity index is 694. The third kappa shape index (κ3) is 2.10. The Morgan fingerprint density at radius 3 is 2.83 bits per heavy atom. The second-order valence-electron chi connectivity index (χ2n) is 3.76. The Balaban J connectivity index is 2.05. The van der Waals surface area contributed by atoms with Crippen molar-refractivity contribution in [2.75, 3.05) is 5.32 Å². The number of anilines is 2. The second-order valence-corrected chi connectivity index (χ2v) is 4.19. The predicted molar refractivity (Wildman–Crippen MR) is 72.1 cm³/mol. The highest BCUT2D eigenvalue weighted by atomic mass is 35.5. The lowest BCUT2D eigenvalue weighted by molar-refractivity contribution is 1.21. The monoisotopic (exact) mass is 256 g/mol. The van der Waals surface area contributed by atoms with Crippen molar-refractivity contribution >= 4 is 34.0 Å². The molecule has 3 rings (SSSR count). The van der Waals surface area contributed by atoms with Crippen LogP contribution in [0.2, 0.25) is 5.02 Å². The molecule has 0 saturated carbocycles. The van der Waals surface area contributed by atoms with Crippen LogP contribution in [0, 0.1) is 0 Å². The van der Waals surface area contributed by atoms with E-state index in [0.29, 0.717) is 5.02 Å². The van der Waals surface area contributed by atoms with Crippen molar-refractivity contribution in [2.24, 2.45) is 0 Å². The number of halogens is 1. The van der Waals surface area contributed by atoms with E-state index in [1.165, 1.54) is 6.33 Å². The summed E-state index contributed by atoms with van der Waals surface area (Å²) < 4.78 is 0. The summed E-state index contributed by atoms with van der Waals surface area (Å²) in [6.45, 7) is 0. The second kappa shape index (κ2) is 4.58. The highest BCUT2D eigenvalue weighted by molar-refractivity contribution is 6.30. The van der Waals surface area contributed by atoms with Gasteiger partial charge in [0.15, 0.2) is 0 Å². The van der Waals surface area contributed by atoms with E-state index < -0.39 is 0 Å². The molecule has 3 aromatic rings. The van der Waals surface area contributed by atoms with Gasteiger partial charge in [0.1, 0.15) is 12.1 Å². The number of aromatic nitrogens is 3. The summed E-state index contributed by atoms with van der Waals surface area (Å²) in [6.07, 6.45) is 4.82. The van der Waals surface area contributed by atoms with E-state index >= 15 is 0 Å². The fourth-order valence-electron chi connectivity index (χ4n) is 1.72. The number of hydrogen-bond acceptors (Lipinski definition) is 4. The SMILES string of the molecule is Clc1cncc(Nc2ncnc3ccccc23)c1. The molecule has 0 unspecified atom stereocenters. The van der Waals surface area contributed by atoms with Crippen LogP contribution in [0.5, 0.6) is 0 Å². The minimum atomic E-state index is 0.582. The van der Waals surface area contributed by atoms with Crippen LogP contribution in [0.15, 0.2) is 49.1 Å². The zero-order valence-electron chi connectivity index (χ0n) is 9.34. The fraction of sp³-hybridized carbons (Fsp3) is 0. The van der Waals surface area contributed by atoms with E-state index in [0.717, 1.165) is 22.4 Å². The van der Waals surface area contributed by atoms with Crippen molar-refractivity contribution in [1.82, 2.24) is 15.0 Å².